The van der Waals surface area contributed by atoms with Crippen LogP contribution in [0.15, 0.2) is 26.7 Å². The van der Waals surface area contributed by atoms with Gasteiger partial charge in [0.15, 0.2) is 0 Å². The SMILES string of the molecule is COC(=O)N(C(=O)[C@@H](N)C(C)C)C(=O)[C@@H]1CCCN1[C@H](C(=O)c1nn(Cc2cccs2)c(=O)o1)C(C)C. The molecule has 1 fully saturated rings. The maximum Gasteiger partial charge on any atom is 0.437 e. The largest absolute Gasteiger partial charge is 0.452 e. The number of rotatable bonds is 9. The van der Waals surface area contributed by atoms with Crippen molar-refractivity contribution in [2.45, 2.75) is 65.2 Å². The molecule has 3 atom stereocenters. The van der Waals surface area contributed by atoms with Crippen molar-refractivity contribution in [1.82, 2.24) is 19.6 Å². The molecule has 3 heterocycles. The number of carbonyl (C=O) groups excluding carboxylic acids is 4. The first-order valence-corrected chi connectivity index (χ1v) is 13.0. The third kappa shape index (κ3) is 6.05. The number of Topliss-reactive ketones (excluding diaryl/α,β-unsaturated/α-hetero) is 1. The molecular weight excluding hydrogens is 502 g/mol. The predicted molar refractivity (Wildman–Crippen MR) is 134 cm³/mol. The van der Waals surface area contributed by atoms with Crippen LogP contribution in [0.3, 0.4) is 0 Å². The Morgan fingerprint density at radius 1 is 1.24 bits per heavy atom. The van der Waals surface area contributed by atoms with Gasteiger partial charge in [-0.3, -0.25) is 19.3 Å². The monoisotopic (exact) mass is 535 g/mol. The zero-order chi connectivity index (χ0) is 27.4. The zero-order valence-electron chi connectivity index (χ0n) is 21.6. The fraction of sp³-hybridized carbons (Fsp3) is 0.583. The summed E-state index contributed by atoms with van der Waals surface area (Å²) in [5, 5.41) is 5.97. The number of carbonyl (C=O) groups is 4. The minimum absolute atomic E-state index is 0.163. The minimum atomic E-state index is -1.14. The fourth-order valence-corrected chi connectivity index (χ4v) is 5.05. The number of nitrogens with two attached hydrogens (primary N) is 1. The summed E-state index contributed by atoms with van der Waals surface area (Å²) in [6.07, 6.45) is -0.281. The van der Waals surface area contributed by atoms with Crippen molar-refractivity contribution in [3.63, 3.8) is 0 Å². The summed E-state index contributed by atoms with van der Waals surface area (Å²) in [7, 11) is 1.07. The van der Waals surface area contributed by atoms with E-state index in [0.717, 1.165) is 16.7 Å². The van der Waals surface area contributed by atoms with Gasteiger partial charge in [0.25, 0.3) is 17.7 Å². The molecule has 0 radical (unpaired) electrons. The van der Waals surface area contributed by atoms with Crippen LogP contribution in [0.4, 0.5) is 4.79 Å². The van der Waals surface area contributed by atoms with E-state index >= 15 is 0 Å². The molecule has 2 aromatic rings. The maximum absolute atomic E-state index is 13.6. The summed E-state index contributed by atoms with van der Waals surface area (Å²) in [6, 6.07) is 0.732. The second-order valence-electron chi connectivity index (χ2n) is 9.61. The number of hydrogen-bond donors (Lipinski definition) is 1. The maximum atomic E-state index is 13.6. The van der Waals surface area contributed by atoms with E-state index in [1.54, 1.807) is 32.6 Å². The van der Waals surface area contributed by atoms with Crippen LogP contribution in [0.1, 0.15) is 56.1 Å². The molecule has 1 aliphatic rings. The van der Waals surface area contributed by atoms with Crippen molar-refractivity contribution in [3.05, 3.63) is 38.8 Å². The first-order valence-electron chi connectivity index (χ1n) is 12.1. The highest BCUT2D eigenvalue weighted by Crippen LogP contribution is 2.28. The molecule has 0 unspecified atom stereocenters. The van der Waals surface area contributed by atoms with Gasteiger partial charge in [0.2, 0.25) is 5.78 Å². The molecule has 37 heavy (non-hydrogen) atoms. The lowest BCUT2D eigenvalue weighted by molar-refractivity contribution is -0.146. The first-order chi connectivity index (χ1) is 17.5. The zero-order valence-corrected chi connectivity index (χ0v) is 22.4. The van der Waals surface area contributed by atoms with E-state index in [4.69, 9.17) is 14.9 Å². The molecule has 0 aromatic carbocycles. The number of imide groups is 3. The van der Waals surface area contributed by atoms with Crippen LogP contribution in [0.5, 0.6) is 0 Å². The number of likely N-dealkylation sites (tertiary alicyclic amines) is 1. The van der Waals surface area contributed by atoms with Crippen molar-refractivity contribution >= 4 is 35.0 Å². The first kappa shape index (κ1) is 28.4. The summed E-state index contributed by atoms with van der Waals surface area (Å²) in [5.41, 5.74) is 5.95. The van der Waals surface area contributed by atoms with Gasteiger partial charge < -0.3 is 14.9 Å². The smallest absolute Gasteiger partial charge is 0.437 e. The molecule has 1 saturated heterocycles. The van der Waals surface area contributed by atoms with E-state index in [1.807, 2.05) is 17.5 Å². The lowest BCUT2D eigenvalue weighted by atomic mass is 9.96. The third-order valence-electron chi connectivity index (χ3n) is 6.34. The Morgan fingerprint density at radius 3 is 2.51 bits per heavy atom. The normalized spacial score (nSPS) is 17.7. The Kier molecular flexibility index (Phi) is 9.16. The Morgan fingerprint density at radius 2 is 1.95 bits per heavy atom. The molecule has 2 aromatic heterocycles. The van der Waals surface area contributed by atoms with Crippen LogP contribution < -0.4 is 11.5 Å². The molecule has 12 nitrogen and oxygen atoms in total. The second kappa shape index (κ2) is 11.9. The number of nitrogens with zero attached hydrogens (tertiary/aromatic N) is 4. The summed E-state index contributed by atoms with van der Waals surface area (Å²) in [6.45, 7) is 7.50. The molecule has 3 rings (SSSR count). The van der Waals surface area contributed by atoms with E-state index in [9.17, 15) is 24.0 Å². The number of thiophene rings is 1. The third-order valence-corrected chi connectivity index (χ3v) is 7.20. The van der Waals surface area contributed by atoms with Gasteiger partial charge in [-0.1, -0.05) is 33.8 Å². The lowest BCUT2D eigenvalue weighted by Crippen LogP contribution is -2.58. The lowest BCUT2D eigenvalue weighted by Gasteiger charge is -2.35. The van der Waals surface area contributed by atoms with Gasteiger partial charge in [-0.25, -0.2) is 9.59 Å². The number of ether oxygens (including phenoxy) is 1. The van der Waals surface area contributed by atoms with Crippen molar-refractivity contribution in [1.29, 1.82) is 0 Å². The molecule has 0 bridgehead atoms. The average molecular weight is 536 g/mol. The van der Waals surface area contributed by atoms with Gasteiger partial charge in [-0.05, 0) is 42.7 Å². The topological polar surface area (TPSA) is 158 Å². The van der Waals surface area contributed by atoms with Crippen LogP contribution in [-0.2, 0) is 20.9 Å². The molecule has 2 N–H and O–H groups in total. The Hall–Kier alpha value is -3.16. The van der Waals surface area contributed by atoms with E-state index in [0.29, 0.717) is 24.3 Å². The molecule has 0 spiro atoms. The second-order valence-corrected chi connectivity index (χ2v) is 10.6. The molecule has 1 aliphatic heterocycles. The Bertz CT molecular complexity index is 1190. The van der Waals surface area contributed by atoms with Gasteiger partial charge >= 0.3 is 11.8 Å². The number of amides is 3. The standard InChI is InChI=1S/C24H33N5O7S/c1-13(2)17(25)22(32)29(24(34)35-5)21(31)16-9-6-10-27(16)18(14(3)4)19(30)20-26-28(23(33)36-20)12-15-8-7-11-37-15/h7-8,11,13-14,16-18H,6,9-10,12,25H2,1-5H3/t16-,17-,18-/m0/s1. The molecule has 202 valence electrons. The van der Waals surface area contributed by atoms with Gasteiger partial charge in [0.1, 0.15) is 0 Å². The molecule has 0 saturated carbocycles. The van der Waals surface area contributed by atoms with Gasteiger partial charge in [0.05, 0.1) is 31.8 Å². The Labute approximate surface area is 218 Å². The Balaban J connectivity index is 1.90. The minimum Gasteiger partial charge on any atom is -0.452 e. The fourth-order valence-electron chi connectivity index (χ4n) is 4.37. The van der Waals surface area contributed by atoms with Crippen LogP contribution in [0.2, 0.25) is 0 Å². The summed E-state index contributed by atoms with van der Waals surface area (Å²) in [5.74, 6) is -4.01. The van der Waals surface area contributed by atoms with Crippen molar-refractivity contribution in [3.8, 4) is 0 Å². The van der Waals surface area contributed by atoms with Gasteiger partial charge in [-0.15, -0.1) is 16.4 Å². The molecule has 13 heteroatoms. The van der Waals surface area contributed by atoms with E-state index in [-0.39, 0.29) is 24.3 Å². The summed E-state index contributed by atoms with van der Waals surface area (Å²) >= 11 is 1.44. The van der Waals surface area contributed by atoms with E-state index < -0.39 is 47.6 Å². The van der Waals surface area contributed by atoms with Crippen molar-refractivity contribution in [2.24, 2.45) is 17.6 Å². The van der Waals surface area contributed by atoms with E-state index in [2.05, 4.69) is 5.10 Å². The van der Waals surface area contributed by atoms with Crippen LogP contribution in [-0.4, -0.2) is 75.1 Å². The highest BCUT2D eigenvalue weighted by atomic mass is 32.1. The van der Waals surface area contributed by atoms with Crippen LogP contribution in [0, 0.1) is 11.8 Å². The number of ketones is 1. The average Bonchev–Trinajstić information content (AvgIpc) is 3.61. The highest BCUT2D eigenvalue weighted by molar-refractivity contribution is 7.09. The van der Waals surface area contributed by atoms with Gasteiger partial charge in [0, 0.05) is 4.88 Å². The quantitative estimate of drug-likeness (QED) is 0.469. The van der Waals surface area contributed by atoms with Crippen molar-refractivity contribution in [2.75, 3.05) is 13.7 Å². The van der Waals surface area contributed by atoms with Crippen molar-refractivity contribution < 1.29 is 28.3 Å². The number of hydrogen-bond acceptors (Lipinski definition) is 11. The number of aromatic nitrogens is 2. The predicted octanol–water partition coefficient (Wildman–Crippen LogP) is 1.72. The van der Waals surface area contributed by atoms with E-state index in [1.165, 1.54) is 11.3 Å². The van der Waals surface area contributed by atoms with Crippen LogP contribution >= 0.6 is 11.3 Å². The molecule has 0 aliphatic carbocycles. The number of methoxy groups -OCH3 is 1. The van der Waals surface area contributed by atoms with Gasteiger partial charge in [-0.2, -0.15) is 9.58 Å². The summed E-state index contributed by atoms with van der Waals surface area (Å²) in [4.78, 5) is 67.8. The molecule has 3 amide bonds. The highest BCUT2D eigenvalue weighted by Gasteiger charge is 2.46. The van der Waals surface area contributed by atoms with Crippen LogP contribution in [0.25, 0.3) is 0 Å². The molecular formula is C24H33N5O7S. The summed E-state index contributed by atoms with van der Waals surface area (Å²) < 4.78 is 11.0.